The van der Waals surface area contributed by atoms with Crippen LogP contribution in [0.2, 0.25) is 0 Å². The minimum Gasteiger partial charge on any atom is -0.392 e. The molecule has 0 bridgehead atoms. The predicted molar refractivity (Wildman–Crippen MR) is 244 cm³/mol. The first-order chi connectivity index (χ1) is 28.2. The molecule has 8 rings (SSSR count). The number of aliphatic hydroxyl groups excluding tert-OH is 1. The molecule has 0 saturated carbocycles. The summed E-state index contributed by atoms with van der Waals surface area (Å²) in [7, 11) is 0. The molecule has 0 fully saturated rings. The smallest absolute Gasteiger partial charge is 0.0682 e. The number of aliphatic hydroxyl groups is 1. The minimum atomic E-state index is -0.0549. The Morgan fingerprint density at radius 3 is 1.47 bits per heavy atom. The van der Waals surface area contributed by atoms with Crippen molar-refractivity contribution in [1.29, 1.82) is 0 Å². The van der Waals surface area contributed by atoms with E-state index in [1.165, 1.54) is 33.4 Å². The highest BCUT2D eigenvalue weighted by atomic mass is 16.3. The normalized spacial score (nSPS) is 11.0. The fourth-order valence-corrected chi connectivity index (χ4v) is 7.37. The van der Waals surface area contributed by atoms with E-state index in [-0.39, 0.29) is 6.61 Å². The van der Waals surface area contributed by atoms with Gasteiger partial charge >= 0.3 is 0 Å². The summed E-state index contributed by atoms with van der Waals surface area (Å²) in [5.41, 5.74) is 18.3. The van der Waals surface area contributed by atoms with Crippen molar-refractivity contribution in [2.24, 2.45) is 0 Å². The van der Waals surface area contributed by atoms with Crippen molar-refractivity contribution >= 4 is 51.1 Å². The summed E-state index contributed by atoms with van der Waals surface area (Å²) >= 11 is 0. The second kappa shape index (κ2) is 16.7. The Morgan fingerprint density at radius 2 is 0.966 bits per heavy atom. The zero-order valence-electron chi connectivity index (χ0n) is 33.7. The summed E-state index contributed by atoms with van der Waals surface area (Å²) in [5, 5.41) is 12.5. The number of hydrogen-bond donors (Lipinski definition) is 1. The molecule has 0 spiro atoms. The van der Waals surface area contributed by atoms with E-state index in [1.807, 2.05) is 44.4 Å². The third kappa shape index (κ3) is 8.29. The van der Waals surface area contributed by atoms with Gasteiger partial charge in [0.1, 0.15) is 0 Å². The van der Waals surface area contributed by atoms with E-state index in [0.29, 0.717) is 0 Å². The summed E-state index contributed by atoms with van der Waals surface area (Å²) in [6, 6.07) is 54.0. The topological polar surface area (TPSA) is 49.2 Å². The second-order valence-corrected chi connectivity index (χ2v) is 15.2. The molecule has 1 N–H and O–H groups in total. The first-order valence-electron chi connectivity index (χ1n) is 19.8. The number of aromatic nitrogens is 2. The maximum atomic E-state index is 10.4. The number of anilines is 3. The van der Waals surface area contributed by atoms with E-state index in [1.54, 1.807) is 0 Å². The summed E-state index contributed by atoms with van der Waals surface area (Å²) in [6.45, 7) is 10.3. The van der Waals surface area contributed by atoms with Crippen LogP contribution in [0.1, 0.15) is 67.0 Å². The number of fused-ring (bicyclic) bond motifs is 1. The summed E-state index contributed by atoms with van der Waals surface area (Å²) in [6.07, 6.45) is 8.39. The van der Waals surface area contributed by atoms with Gasteiger partial charge in [-0.05, 0) is 140 Å². The van der Waals surface area contributed by atoms with Gasteiger partial charge in [-0.2, -0.15) is 0 Å². The van der Waals surface area contributed by atoms with Crippen molar-refractivity contribution in [2.75, 3.05) is 4.90 Å². The zero-order chi connectivity index (χ0) is 40.2. The molecule has 4 nitrogen and oxygen atoms in total. The first kappa shape index (κ1) is 38.0. The molecule has 284 valence electrons. The van der Waals surface area contributed by atoms with Gasteiger partial charge < -0.3 is 10.0 Å². The van der Waals surface area contributed by atoms with Gasteiger partial charge in [-0.1, -0.05) is 120 Å². The van der Waals surface area contributed by atoms with Crippen LogP contribution in [0.3, 0.4) is 0 Å². The molecule has 4 heteroatoms. The molecule has 8 aromatic rings. The van der Waals surface area contributed by atoms with Gasteiger partial charge in [0, 0.05) is 51.7 Å². The van der Waals surface area contributed by atoms with Crippen molar-refractivity contribution < 1.29 is 5.11 Å². The Hall–Kier alpha value is -6.88. The maximum Gasteiger partial charge on any atom is 0.0682 e. The number of rotatable bonds is 10. The SMILES string of the molecule is Cc1ccc(C(=Cc2ccc(N(c3ccc(C)cc3)c3ccc(C=C(c4ccc(C)nc4)c4ccc(C)nc4)c4ccc(CO)cc34)cc2)c2ccc(C)cc2)cc1. The van der Waals surface area contributed by atoms with E-state index < -0.39 is 0 Å². The Morgan fingerprint density at radius 1 is 0.483 bits per heavy atom. The molecular weight excluding hydrogens is 707 g/mol. The van der Waals surface area contributed by atoms with Crippen LogP contribution in [0.5, 0.6) is 0 Å². The van der Waals surface area contributed by atoms with E-state index in [2.05, 4.69) is 181 Å². The van der Waals surface area contributed by atoms with Crippen LogP contribution in [-0.4, -0.2) is 15.1 Å². The fourth-order valence-electron chi connectivity index (χ4n) is 7.37. The minimum absolute atomic E-state index is 0.0549. The van der Waals surface area contributed by atoms with Crippen molar-refractivity contribution in [2.45, 2.75) is 41.2 Å². The van der Waals surface area contributed by atoms with Crippen LogP contribution in [0.4, 0.5) is 17.1 Å². The van der Waals surface area contributed by atoms with Gasteiger partial charge in [-0.25, -0.2) is 0 Å². The molecule has 58 heavy (non-hydrogen) atoms. The molecule has 0 atom stereocenters. The average Bonchev–Trinajstić information content (AvgIpc) is 3.25. The highest BCUT2D eigenvalue weighted by Crippen LogP contribution is 2.42. The Bertz CT molecular complexity index is 2650. The lowest BCUT2D eigenvalue weighted by Crippen LogP contribution is -2.11. The van der Waals surface area contributed by atoms with E-state index in [9.17, 15) is 5.11 Å². The highest BCUT2D eigenvalue weighted by molar-refractivity contribution is 6.06. The van der Waals surface area contributed by atoms with Crippen LogP contribution in [0.15, 0.2) is 164 Å². The number of hydrogen-bond acceptors (Lipinski definition) is 4. The quantitative estimate of drug-likeness (QED) is 0.141. The van der Waals surface area contributed by atoms with Gasteiger partial charge in [-0.15, -0.1) is 0 Å². The molecule has 2 heterocycles. The van der Waals surface area contributed by atoms with Crippen LogP contribution in [0.25, 0.3) is 34.1 Å². The number of benzene rings is 6. The summed E-state index contributed by atoms with van der Waals surface area (Å²) in [4.78, 5) is 11.6. The molecule has 0 aliphatic rings. The van der Waals surface area contributed by atoms with E-state index >= 15 is 0 Å². The average molecular weight is 754 g/mol. The lowest BCUT2D eigenvalue weighted by molar-refractivity contribution is 0.282. The van der Waals surface area contributed by atoms with Crippen molar-refractivity contribution in [3.8, 4) is 0 Å². The monoisotopic (exact) mass is 753 g/mol. The molecule has 0 unspecified atom stereocenters. The highest BCUT2D eigenvalue weighted by Gasteiger charge is 2.18. The zero-order valence-corrected chi connectivity index (χ0v) is 33.7. The molecular formula is C54H47N3O. The molecule has 0 saturated heterocycles. The molecule has 0 radical (unpaired) electrons. The van der Waals surface area contributed by atoms with Gasteiger partial charge in [0.2, 0.25) is 0 Å². The lowest BCUT2D eigenvalue weighted by Gasteiger charge is -2.28. The van der Waals surface area contributed by atoms with Crippen molar-refractivity contribution in [3.63, 3.8) is 0 Å². The largest absolute Gasteiger partial charge is 0.392 e. The first-order valence-corrected chi connectivity index (χ1v) is 19.8. The molecule has 0 aliphatic heterocycles. The van der Waals surface area contributed by atoms with Crippen molar-refractivity contribution in [1.82, 2.24) is 9.97 Å². The fraction of sp³-hybridized carbons (Fsp3) is 0.111. The molecule has 2 aromatic heterocycles. The molecule has 6 aromatic carbocycles. The number of nitrogens with zero attached hydrogens (tertiary/aromatic N) is 3. The standard InChI is InChI=1S/C54H47N3O/c1-36-6-17-43(18-7-36)51(44-19-8-37(2)9-20-44)30-41-14-26-49(27-15-41)57(48-24-10-38(3)11-25-48)54-29-23-45(50-28-16-42(35-58)31-53(50)54)32-52(46-21-12-39(4)55-33-46)47-22-13-40(5)56-34-47/h6-34,58H,35H2,1-5H3. The number of aryl methyl sites for hydroxylation is 5. The van der Waals surface area contributed by atoms with Crippen LogP contribution < -0.4 is 4.90 Å². The van der Waals surface area contributed by atoms with Crippen LogP contribution >= 0.6 is 0 Å². The summed E-state index contributed by atoms with van der Waals surface area (Å²) in [5.74, 6) is 0. The van der Waals surface area contributed by atoms with Gasteiger partial charge in [0.25, 0.3) is 0 Å². The Labute approximate surface area is 342 Å². The Balaban J connectivity index is 1.27. The van der Waals surface area contributed by atoms with Gasteiger partial charge in [-0.3, -0.25) is 9.97 Å². The van der Waals surface area contributed by atoms with Gasteiger partial charge in [0.15, 0.2) is 0 Å². The third-order valence-corrected chi connectivity index (χ3v) is 10.7. The maximum absolute atomic E-state index is 10.4. The third-order valence-electron chi connectivity index (χ3n) is 10.7. The number of pyridine rings is 2. The molecule has 0 aliphatic carbocycles. The van der Waals surface area contributed by atoms with Crippen LogP contribution in [-0.2, 0) is 6.61 Å². The predicted octanol–water partition coefficient (Wildman–Crippen LogP) is 13.3. The van der Waals surface area contributed by atoms with E-state index in [0.717, 1.165) is 72.6 Å². The van der Waals surface area contributed by atoms with Crippen molar-refractivity contribution in [3.05, 3.63) is 231 Å². The van der Waals surface area contributed by atoms with E-state index in [4.69, 9.17) is 0 Å². The molecule has 0 amide bonds. The Kier molecular flexibility index (Phi) is 10.9. The lowest BCUT2D eigenvalue weighted by atomic mass is 9.93. The van der Waals surface area contributed by atoms with Crippen LogP contribution in [0, 0.1) is 34.6 Å². The van der Waals surface area contributed by atoms with Gasteiger partial charge in [0.05, 0.1) is 12.3 Å². The summed E-state index contributed by atoms with van der Waals surface area (Å²) < 4.78 is 0. The second-order valence-electron chi connectivity index (χ2n) is 15.2.